The lowest BCUT2D eigenvalue weighted by Gasteiger charge is -2.33. The minimum atomic E-state index is -0.370. The Balaban J connectivity index is 2.60. The van der Waals surface area contributed by atoms with Gasteiger partial charge in [-0.05, 0) is 18.8 Å². The Morgan fingerprint density at radius 2 is 2.00 bits per heavy atom. The normalized spacial score (nSPS) is 24.3. The second-order valence-corrected chi connectivity index (χ2v) is 4.73. The summed E-state index contributed by atoms with van der Waals surface area (Å²) in [6.07, 6.45) is 0. The van der Waals surface area contributed by atoms with Gasteiger partial charge in [0.2, 0.25) is 11.8 Å². The molecule has 1 rings (SSSR count). The number of piperazine rings is 1. The van der Waals surface area contributed by atoms with Crippen molar-refractivity contribution >= 4 is 11.8 Å². The van der Waals surface area contributed by atoms with Crippen LogP contribution in [0.25, 0.3) is 0 Å². The van der Waals surface area contributed by atoms with Crippen LogP contribution in [0.1, 0.15) is 27.7 Å². The third-order valence-corrected chi connectivity index (χ3v) is 3.04. The molecule has 0 radical (unpaired) electrons. The lowest BCUT2D eigenvalue weighted by molar-refractivity contribution is -0.144. The summed E-state index contributed by atoms with van der Waals surface area (Å²) < 4.78 is 0. The highest BCUT2D eigenvalue weighted by molar-refractivity contribution is 5.94. The first-order chi connectivity index (χ1) is 6.91. The van der Waals surface area contributed by atoms with Crippen LogP contribution in [0, 0.1) is 11.8 Å². The van der Waals surface area contributed by atoms with Crippen molar-refractivity contribution in [3.05, 3.63) is 0 Å². The number of carbonyl (C=O) groups excluding carboxylic acids is 2. The van der Waals surface area contributed by atoms with E-state index >= 15 is 0 Å². The topological polar surface area (TPSA) is 49.4 Å². The van der Waals surface area contributed by atoms with Gasteiger partial charge in [-0.25, -0.2) is 0 Å². The van der Waals surface area contributed by atoms with Crippen LogP contribution in [0.5, 0.6) is 0 Å². The third-order valence-electron chi connectivity index (χ3n) is 3.04. The zero-order valence-electron chi connectivity index (χ0n) is 9.91. The van der Waals surface area contributed by atoms with Gasteiger partial charge in [-0.15, -0.1) is 0 Å². The molecule has 1 heterocycles. The molecule has 0 aromatic heterocycles. The van der Waals surface area contributed by atoms with Gasteiger partial charge >= 0.3 is 0 Å². The van der Waals surface area contributed by atoms with Gasteiger partial charge in [0.1, 0.15) is 6.04 Å². The van der Waals surface area contributed by atoms with Crippen LogP contribution in [-0.2, 0) is 9.59 Å². The number of hydrogen-bond donors (Lipinski definition) is 1. The maximum atomic E-state index is 11.7. The monoisotopic (exact) mass is 212 g/mol. The van der Waals surface area contributed by atoms with Crippen LogP contribution >= 0.6 is 0 Å². The first-order valence-corrected chi connectivity index (χ1v) is 5.50. The van der Waals surface area contributed by atoms with E-state index in [4.69, 9.17) is 0 Å². The standard InChI is InChI=1S/C11H20N2O2/c1-7(2)8(3)5-13-6-10(14)12-9(4)11(13)15/h7-9H,5-6H2,1-4H3,(H,12,14). The van der Waals surface area contributed by atoms with E-state index in [-0.39, 0.29) is 24.4 Å². The number of carbonyl (C=O) groups is 2. The van der Waals surface area contributed by atoms with Gasteiger partial charge < -0.3 is 10.2 Å². The fourth-order valence-electron chi connectivity index (χ4n) is 1.59. The third kappa shape index (κ3) is 2.94. The number of rotatable bonds is 3. The molecule has 1 N–H and O–H groups in total. The van der Waals surface area contributed by atoms with Gasteiger partial charge in [-0.2, -0.15) is 0 Å². The SMILES string of the molecule is CC1NC(=O)CN(CC(C)C(C)C)C1=O. The summed E-state index contributed by atoms with van der Waals surface area (Å²) in [5, 5.41) is 2.63. The molecule has 86 valence electrons. The van der Waals surface area contributed by atoms with Crippen molar-refractivity contribution in [2.45, 2.75) is 33.7 Å². The van der Waals surface area contributed by atoms with Crippen molar-refractivity contribution in [2.24, 2.45) is 11.8 Å². The predicted octanol–water partition coefficient (Wildman–Crippen LogP) is 0.625. The Labute approximate surface area is 91.0 Å². The molecule has 0 spiro atoms. The fourth-order valence-corrected chi connectivity index (χ4v) is 1.59. The maximum absolute atomic E-state index is 11.7. The molecule has 1 saturated heterocycles. The molecular weight excluding hydrogens is 192 g/mol. The van der Waals surface area contributed by atoms with E-state index in [0.717, 1.165) is 0 Å². The Kier molecular flexibility index (Phi) is 3.72. The quantitative estimate of drug-likeness (QED) is 0.745. The zero-order valence-corrected chi connectivity index (χ0v) is 9.91. The number of hydrogen-bond acceptors (Lipinski definition) is 2. The predicted molar refractivity (Wildman–Crippen MR) is 58.2 cm³/mol. The van der Waals surface area contributed by atoms with Crippen LogP contribution in [0.2, 0.25) is 0 Å². The largest absolute Gasteiger partial charge is 0.343 e. The van der Waals surface area contributed by atoms with E-state index in [2.05, 4.69) is 26.1 Å². The van der Waals surface area contributed by atoms with E-state index in [1.165, 1.54) is 0 Å². The highest BCUT2D eigenvalue weighted by Crippen LogP contribution is 2.13. The zero-order chi connectivity index (χ0) is 11.6. The average Bonchev–Trinajstić information content (AvgIpc) is 2.13. The summed E-state index contributed by atoms with van der Waals surface area (Å²) in [6.45, 7) is 8.97. The van der Waals surface area contributed by atoms with Crippen molar-refractivity contribution in [1.29, 1.82) is 0 Å². The lowest BCUT2D eigenvalue weighted by Crippen LogP contribution is -2.57. The van der Waals surface area contributed by atoms with Gasteiger partial charge in [0.25, 0.3) is 0 Å². The molecular formula is C11H20N2O2. The molecule has 2 atom stereocenters. The summed E-state index contributed by atoms with van der Waals surface area (Å²) in [6, 6.07) is -0.370. The summed E-state index contributed by atoms with van der Waals surface area (Å²) in [7, 11) is 0. The van der Waals surface area contributed by atoms with E-state index in [1.54, 1.807) is 11.8 Å². The van der Waals surface area contributed by atoms with Crippen LogP contribution in [0.4, 0.5) is 0 Å². The molecule has 4 heteroatoms. The van der Waals surface area contributed by atoms with Crippen molar-refractivity contribution < 1.29 is 9.59 Å². The van der Waals surface area contributed by atoms with E-state index in [9.17, 15) is 9.59 Å². The maximum Gasteiger partial charge on any atom is 0.245 e. The molecule has 1 fully saturated rings. The second-order valence-electron chi connectivity index (χ2n) is 4.73. The van der Waals surface area contributed by atoms with Crippen LogP contribution in [-0.4, -0.2) is 35.8 Å². The first-order valence-electron chi connectivity index (χ1n) is 5.50. The number of nitrogens with zero attached hydrogens (tertiary/aromatic N) is 1. The molecule has 0 bridgehead atoms. The highest BCUT2D eigenvalue weighted by atomic mass is 16.2. The Bertz CT molecular complexity index is 263. The minimum absolute atomic E-state index is 0.0297. The summed E-state index contributed by atoms with van der Waals surface area (Å²) >= 11 is 0. The molecule has 15 heavy (non-hydrogen) atoms. The minimum Gasteiger partial charge on any atom is -0.343 e. The Morgan fingerprint density at radius 3 is 2.53 bits per heavy atom. The average molecular weight is 212 g/mol. The van der Waals surface area contributed by atoms with Crippen LogP contribution in [0.15, 0.2) is 0 Å². The Morgan fingerprint density at radius 1 is 1.40 bits per heavy atom. The molecule has 0 saturated carbocycles. The molecule has 2 unspecified atom stereocenters. The molecule has 4 nitrogen and oxygen atoms in total. The number of nitrogens with one attached hydrogen (secondary N) is 1. The summed E-state index contributed by atoms with van der Waals surface area (Å²) in [5.74, 6) is 0.922. The molecule has 1 aliphatic rings. The summed E-state index contributed by atoms with van der Waals surface area (Å²) in [4.78, 5) is 24.7. The van der Waals surface area contributed by atoms with Crippen LogP contribution in [0.3, 0.4) is 0 Å². The Hall–Kier alpha value is -1.06. The molecule has 0 aromatic carbocycles. The van der Waals surface area contributed by atoms with Crippen molar-refractivity contribution in [2.75, 3.05) is 13.1 Å². The van der Waals surface area contributed by atoms with Gasteiger partial charge in [0, 0.05) is 6.54 Å². The number of amides is 2. The fraction of sp³-hybridized carbons (Fsp3) is 0.818. The van der Waals surface area contributed by atoms with Gasteiger partial charge in [0.15, 0.2) is 0 Å². The first kappa shape index (κ1) is 12.0. The van der Waals surface area contributed by atoms with Gasteiger partial charge in [0.05, 0.1) is 6.54 Å². The molecule has 1 aliphatic heterocycles. The molecule has 0 aliphatic carbocycles. The second kappa shape index (κ2) is 4.64. The lowest BCUT2D eigenvalue weighted by atomic mass is 9.97. The molecule has 0 aromatic rings. The van der Waals surface area contributed by atoms with Gasteiger partial charge in [-0.3, -0.25) is 9.59 Å². The van der Waals surface area contributed by atoms with Gasteiger partial charge in [-0.1, -0.05) is 20.8 Å². The summed E-state index contributed by atoms with van der Waals surface area (Å²) in [5.41, 5.74) is 0. The van der Waals surface area contributed by atoms with Crippen molar-refractivity contribution in [1.82, 2.24) is 10.2 Å². The highest BCUT2D eigenvalue weighted by Gasteiger charge is 2.30. The van der Waals surface area contributed by atoms with E-state index in [1.807, 2.05) is 0 Å². The van der Waals surface area contributed by atoms with Crippen LogP contribution < -0.4 is 5.32 Å². The molecule has 2 amide bonds. The van der Waals surface area contributed by atoms with E-state index < -0.39 is 0 Å². The van der Waals surface area contributed by atoms with Crippen molar-refractivity contribution in [3.8, 4) is 0 Å². The van der Waals surface area contributed by atoms with E-state index in [0.29, 0.717) is 18.4 Å². The van der Waals surface area contributed by atoms with Crippen molar-refractivity contribution in [3.63, 3.8) is 0 Å². The smallest absolute Gasteiger partial charge is 0.245 e.